The summed E-state index contributed by atoms with van der Waals surface area (Å²) in [5, 5.41) is 23.4. The molecule has 2 heterocycles. The van der Waals surface area contributed by atoms with Crippen LogP contribution in [0.2, 0.25) is 0 Å². The van der Waals surface area contributed by atoms with Crippen LogP contribution in [0, 0.1) is 6.92 Å². The number of rotatable bonds is 18. The monoisotopic (exact) mass is 952 g/mol. The number of amides is 1. The number of nitrogens with two attached hydrogens (primary N) is 1. The molecule has 352 valence electrons. The van der Waals surface area contributed by atoms with Crippen LogP contribution in [0.3, 0.4) is 0 Å². The van der Waals surface area contributed by atoms with Gasteiger partial charge in [-0.05, 0) is 103 Å². The van der Waals surface area contributed by atoms with Crippen LogP contribution in [-0.4, -0.2) is 107 Å². The van der Waals surface area contributed by atoms with Crippen LogP contribution in [0.4, 0.5) is 10.7 Å². The number of aryl methyl sites for hydroxylation is 1. The first kappa shape index (κ1) is 47.9. The fourth-order valence-corrected chi connectivity index (χ4v) is 11.0. The number of aromatic amines is 1. The van der Waals surface area contributed by atoms with Gasteiger partial charge >= 0.3 is 6.09 Å². The van der Waals surface area contributed by atoms with Crippen LogP contribution in [-0.2, 0) is 39.7 Å². The second-order valence-corrected chi connectivity index (χ2v) is 20.2. The number of aromatic nitrogens is 6. The molecule has 0 aliphatic heterocycles. The van der Waals surface area contributed by atoms with Crippen molar-refractivity contribution in [2.75, 3.05) is 40.2 Å². The number of tetrazole rings is 1. The van der Waals surface area contributed by atoms with Gasteiger partial charge in [0, 0.05) is 37.3 Å². The number of hydrogen-bond acceptors (Lipinski definition) is 13. The van der Waals surface area contributed by atoms with Gasteiger partial charge in [0.25, 0.3) is 0 Å². The summed E-state index contributed by atoms with van der Waals surface area (Å²) >= 11 is 0. The second-order valence-electron chi connectivity index (χ2n) is 16.6. The Labute approximate surface area is 388 Å². The van der Waals surface area contributed by atoms with E-state index in [4.69, 9.17) is 25.0 Å². The predicted octanol–water partition coefficient (Wildman–Crippen LogP) is 6.30. The zero-order chi connectivity index (χ0) is 48.3. The summed E-state index contributed by atoms with van der Waals surface area (Å²) < 4.78 is 81.6. The number of methoxy groups -OCH3 is 3. The lowest BCUT2D eigenvalue weighted by Crippen LogP contribution is -2.48. The summed E-state index contributed by atoms with van der Waals surface area (Å²) in [6.07, 6.45) is -1.26. The van der Waals surface area contributed by atoms with E-state index in [-0.39, 0.29) is 49.1 Å². The number of nitrogens with zero attached hydrogens (tertiary/aromatic N) is 7. The molecule has 0 bridgehead atoms. The molecule has 0 atom stereocenters. The van der Waals surface area contributed by atoms with Crippen molar-refractivity contribution in [2.24, 2.45) is 0 Å². The summed E-state index contributed by atoms with van der Waals surface area (Å²) in [4.78, 5) is 20.9. The average molecular weight is 953 g/mol. The van der Waals surface area contributed by atoms with Crippen LogP contribution in [0.1, 0.15) is 43.0 Å². The molecule has 0 aliphatic carbocycles. The largest absolute Gasteiger partial charge is 0.497 e. The number of imidazole rings is 1. The quantitative estimate of drug-likeness (QED) is 0.0738. The normalized spacial score (nSPS) is 12.1. The van der Waals surface area contributed by atoms with Crippen molar-refractivity contribution >= 4 is 43.1 Å². The molecule has 21 heteroatoms. The second kappa shape index (κ2) is 19.4. The Morgan fingerprint density at radius 1 is 0.791 bits per heavy atom. The average Bonchev–Trinajstić information content (AvgIpc) is 3.94. The van der Waals surface area contributed by atoms with E-state index >= 15 is 8.42 Å². The Morgan fingerprint density at radius 3 is 1.85 bits per heavy atom. The Bertz CT molecular complexity index is 3070. The highest BCUT2D eigenvalue weighted by atomic mass is 32.2. The van der Waals surface area contributed by atoms with Gasteiger partial charge in [0.15, 0.2) is 5.95 Å². The molecule has 5 aromatic carbocycles. The van der Waals surface area contributed by atoms with E-state index in [2.05, 4.69) is 25.0 Å². The molecule has 1 amide bonds. The molecule has 5 N–H and O–H groups in total. The van der Waals surface area contributed by atoms with Crippen LogP contribution in [0.15, 0.2) is 107 Å². The molecule has 0 spiro atoms. The zero-order valence-electron chi connectivity index (χ0n) is 38.0. The zero-order valence-corrected chi connectivity index (χ0v) is 39.6. The summed E-state index contributed by atoms with van der Waals surface area (Å²) in [7, 11) is -5.19. The predicted molar refractivity (Wildman–Crippen MR) is 252 cm³/mol. The number of nitrogens with one attached hydrogen (secondary N) is 2. The maximum atomic E-state index is 16.1. The van der Waals surface area contributed by atoms with Crippen molar-refractivity contribution in [3.05, 3.63) is 119 Å². The third-order valence-electron chi connectivity index (χ3n) is 11.0. The van der Waals surface area contributed by atoms with Gasteiger partial charge in [0.2, 0.25) is 25.9 Å². The lowest BCUT2D eigenvalue weighted by atomic mass is 9.96. The van der Waals surface area contributed by atoms with Crippen molar-refractivity contribution in [2.45, 2.75) is 62.7 Å². The maximum absolute atomic E-state index is 16.1. The number of hydrogen-bond donors (Lipinski definition) is 4. The van der Waals surface area contributed by atoms with Crippen molar-refractivity contribution in [1.29, 1.82) is 0 Å². The number of carboxylic acid groups (broad SMARTS) is 1. The van der Waals surface area contributed by atoms with E-state index in [1.807, 2.05) is 19.1 Å². The standard InChI is InChI=1S/C46H52N10O9S2/c1-29-8-21-37(41-40(29)49-44(47)50-41)36-22-23-38(66(59,60)48-24-25-55(45(57)58)46(2,3)4)42(39(36)43-51-53-56(52-43)28-32-13-19-35(65-7)20-14-32)67(61,62)54(26-30-9-15-33(63-5)16-10-30)27-31-11-17-34(64-6)18-12-31/h8-23,48H,24-28H2,1-7H3,(H,57,58)(H3,47,49,50). The SMILES string of the molecule is COc1ccc(CN(Cc2ccc(OC)cc2)S(=O)(=O)c2c(S(=O)(=O)NCCN(C(=O)O)C(C)(C)C)ccc(-c3ccc(C)c4nc(N)[nH]c34)c2-c2nnn(Cc3ccc(OC)cc3)n2)cc1. The topological polar surface area (TPSA) is 250 Å². The minimum Gasteiger partial charge on any atom is -0.497 e. The molecule has 7 aromatic rings. The molecule has 0 saturated heterocycles. The van der Waals surface area contributed by atoms with Gasteiger partial charge in [-0.15, -0.1) is 10.2 Å². The Morgan fingerprint density at radius 2 is 1.33 bits per heavy atom. The highest BCUT2D eigenvalue weighted by Crippen LogP contribution is 2.43. The third-order valence-corrected chi connectivity index (χ3v) is 14.5. The number of carbonyl (C=O) groups is 1. The Kier molecular flexibility index (Phi) is 13.9. The number of anilines is 1. The number of H-pyrrole nitrogens is 1. The van der Waals surface area contributed by atoms with Gasteiger partial charge in [-0.3, -0.25) is 0 Å². The fourth-order valence-electron chi connectivity index (χ4n) is 7.56. The summed E-state index contributed by atoms with van der Waals surface area (Å²) in [6.45, 7) is 5.88. The van der Waals surface area contributed by atoms with Crippen molar-refractivity contribution in [3.63, 3.8) is 0 Å². The van der Waals surface area contributed by atoms with E-state index in [1.54, 1.807) is 101 Å². The van der Waals surface area contributed by atoms with E-state index < -0.39 is 48.0 Å². The first-order chi connectivity index (χ1) is 31.8. The molecular formula is C46H52N10O9S2. The minimum atomic E-state index is -4.98. The van der Waals surface area contributed by atoms with Crippen molar-refractivity contribution in [3.8, 4) is 39.8 Å². The summed E-state index contributed by atoms with van der Waals surface area (Å²) in [5.41, 5.74) is 9.38. The van der Waals surface area contributed by atoms with Crippen molar-refractivity contribution in [1.82, 2.24) is 44.1 Å². The summed E-state index contributed by atoms with van der Waals surface area (Å²) in [5.74, 6) is 1.61. The van der Waals surface area contributed by atoms with Gasteiger partial charge in [-0.1, -0.05) is 54.6 Å². The molecular weight excluding hydrogens is 901 g/mol. The van der Waals surface area contributed by atoms with E-state index in [9.17, 15) is 18.3 Å². The molecule has 19 nitrogen and oxygen atoms in total. The van der Waals surface area contributed by atoms with Gasteiger partial charge in [-0.25, -0.2) is 31.3 Å². The lowest BCUT2D eigenvalue weighted by molar-refractivity contribution is 0.102. The molecule has 67 heavy (non-hydrogen) atoms. The van der Waals surface area contributed by atoms with Gasteiger partial charge in [0.05, 0.1) is 44.5 Å². The number of sulfonamides is 2. The van der Waals surface area contributed by atoms with Crippen LogP contribution >= 0.6 is 0 Å². The third kappa shape index (κ3) is 10.5. The first-order valence-corrected chi connectivity index (χ1v) is 23.8. The molecule has 2 aromatic heterocycles. The van der Waals surface area contributed by atoms with Crippen LogP contribution in [0.25, 0.3) is 33.5 Å². The van der Waals surface area contributed by atoms with Crippen LogP contribution in [0.5, 0.6) is 17.2 Å². The van der Waals surface area contributed by atoms with Gasteiger partial charge in [-0.2, -0.15) is 9.10 Å². The number of nitrogen functional groups attached to an aromatic ring is 1. The Balaban J connectivity index is 1.50. The summed E-state index contributed by atoms with van der Waals surface area (Å²) in [6, 6.07) is 27.0. The Hall–Kier alpha value is -7.07. The molecule has 0 fully saturated rings. The van der Waals surface area contributed by atoms with E-state index in [0.29, 0.717) is 45.0 Å². The van der Waals surface area contributed by atoms with Gasteiger partial charge in [0.1, 0.15) is 27.0 Å². The van der Waals surface area contributed by atoms with Gasteiger partial charge < -0.3 is 34.9 Å². The van der Waals surface area contributed by atoms with E-state index in [0.717, 1.165) is 16.0 Å². The highest BCUT2D eigenvalue weighted by molar-refractivity contribution is 7.92. The van der Waals surface area contributed by atoms with Crippen molar-refractivity contribution < 1.29 is 40.9 Å². The molecule has 0 saturated carbocycles. The minimum absolute atomic E-state index is 0.0997. The highest BCUT2D eigenvalue weighted by Gasteiger charge is 2.38. The number of ether oxygens (including phenoxy) is 3. The van der Waals surface area contributed by atoms with Crippen LogP contribution < -0.4 is 24.7 Å². The van der Waals surface area contributed by atoms with E-state index in [1.165, 1.54) is 35.5 Å². The molecule has 7 rings (SSSR count). The lowest BCUT2D eigenvalue weighted by Gasteiger charge is -2.33. The fraction of sp³-hybridized carbons (Fsp3) is 0.283. The smallest absolute Gasteiger partial charge is 0.407 e. The molecule has 0 unspecified atom stereocenters. The maximum Gasteiger partial charge on any atom is 0.407 e. The number of benzene rings is 5. The first-order valence-electron chi connectivity index (χ1n) is 20.9. The molecule has 0 radical (unpaired) electrons. The number of fused-ring (bicyclic) bond motifs is 1. The molecule has 0 aliphatic rings.